The molecule has 0 bridgehead atoms. The van der Waals surface area contributed by atoms with Crippen LogP contribution in [0, 0.1) is 11.7 Å². The number of carbonyl (C=O) groups excluding carboxylic acids is 2. The molecule has 2 aromatic rings. The zero-order valence-corrected chi connectivity index (χ0v) is 13.5. The van der Waals surface area contributed by atoms with Crippen molar-refractivity contribution in [2.45, 2.75) is 13.0 Å². The van der Waals surface area contributed by atoms with Crippen molar-refractivity contribution in [1.82, 2.24) is 5.32 Å². The number of carbonyl (C=O) groups is 2. The number of hydrogen-bond acceptors (Lipinski definition) is 3. The van der Waals surface area contributed by atoms with Crippen molar-refractivity contribution in [3.63, 3.8) is 0 Å². The molecule has 6 heteroatoms. The molecule has 2 atom stereocenters. The third kappa shape index (κ3) is 4.55. The van der Waals surface area contributed by atoms with Crippen LogP contribution in [0.2, 0.25) is 0 Å². The molecule has 2 aromatic carbocycles. The molecule has 0 aromatic heterocycles. The Hall–Kier alpha value is -2.89. The Balaban J connectivity index is 2.15. The van der Waals surface area contributed by atoms with E-state index in [1.807, 2.05) is 30.3 Å². The molecule has 0 saturated heterocycles. The van der Waals surface area contributed by atoms with E-state index in [1.54, 1.807) is 13.0 Å². The van der Waals surface area contributed by atoms with Gasteiger partial charge < -0.3 is 15.4 Å². The topological polar surface area (TPSA) is 67.4 Å². The minimum Gasteiger partial charge on any atom is -0.469 e. The van der Waals surface area contributed by atoms with Crippen molar-refractivity contribution >= 4 is 17.7 Å². The molecule has 0 aliphatic rings. The van der Waals surface area contributed by atoms with Crippen LogP contribution in [-0.2, 0) is 9.53 Å². The van der Waals surface area contributed by atoms with E-state index in [0.29, 0.717) is 5.69 Å². The maximum atomic E-state index is 13.2. The Morgan fingerprint density at radius 1 is 1.08 bits per heavy atom. The van der Waals surface area contributed by atoms with Gasteiger partial charge in [0.05, 0.1) is 19.1 Å². The molecule has 0 unspecified atom stereocenters. The Kier molecular flexibility index (Phi) is 5.89. The summed E-state index contributed by atoms with van der Waals surface area (Å²) in [7, 11) is 1.30. The summed E-state index contributed by atoms with van der Waals surface area (Å²) in [6, 6.07) is 13.6. The van der Waals surface area contributed by atoms with Crippen LogP contribution in [0.5, 0.6) is 0 Å². The second kappa shape index (κ2) is 8.10. The van der Waals surface area contributed by atoms with Gasteiger partial charge in [0.15, 0.2) is 0 Å². The van der Waals surface area contributed by atoms with Gasteiger partial charge in [0.2, 0.25) is 0 Å². The summed E-state index contributed by atoms with van der Waals surface area (Å²) < 4.78 is 18.0. The molecule has 2 amide bonds. The molecule has 0 fully saturated rings. The van der Waals surface area contributed by atoms with Gasteiger partial charge in [-0.1, -0.05) is 36.4 Å². The summed E-state index contributed by atoms with van der Waals surface area (Å²) in [6.45, 7) is 1.67. The number of ether oxygens (including phenoxy) is 1. The van der Waals surface area contributed by atoms with Gasteiger partial charge in [0.25, 0.3) is 0 Å². The number of urea groups is 1. The smallest absolute Gasteiger partial charge is 0.319 e. The first-order valence-corrected chi connectivity index (χ1v) is 7.47. The van der Waals surface area contributed by atoms with E-state index in [2.05, 4.69) is 10.6 Å². The van der Waals surface area contributed by atoms with Gasteiger partial charge in [-0.2, -0.15) is 0 Å². The fourth-order valence-corrected chi connectivity index (χ4v) is 2.35. The van der Waals surface area contributed by atoms with Crippen LogP contribution in [0.4, 0.5) is 14.9 Å². The van der Waals surface area contributed by atoms with Crippen LogP contribution in [0.15, 0.2) is 54.6 Å². The van der Waals surface area contributed by atoms with E-state index in [0.717, 1.165) is 5.56 Å². The number of hydrogen-bond donors (Lipinski definition) is 2. The second-order valence-corrected chi connectivity index (χ2v) is 5.31. The van der Waals surface area contributed by atoms with E-state index in [4.69, 9.17) is 4.74 Å². The highest BCUT2D eigenvalue weighted by Gasteiger charge is 2.27. The fourth-order valence-electron chi connectivity index (χ4n) is 2.35. The Labute approximate surface area is 139 Å². The van der Waals surface area contributed by atoms with Crippen LogP contribution in [0.1, 0.15) is 18.5 Å². The summed E-state index contributed by atoms with van der Waals surface area (Å²) in [5.41, 5.74) is 1.09. The molecule has 0 radical (unpaired) electrons. The molecule has 126 valence electrons. The lowest BCUT2D eigenvalue weighted by molar-refractivity contribution is -0.145. The standard InChI is InChI=1S/C18H19FN2O3/c1-12(17(22)24-2)16(13-7-4-3-5-8-13)21-18(23)20-15-10-6-9-14(19)11-15/h3-12,16H,1-2H3,(H2,20,21,23)/t12-,16-/m1/s1. The normalized spacial score (nSPS) is 12.8. The summed E-state index contributed by atoms with van der Waals surface area (Å²) >= 11 is 0. The lowest BCUT2D eigenvalue weighted by atomic mass is 9.94. The van der Waals surface area contributed by atoms with Crippen LogP contribution >= 0.6 is 0 Å². The van der Waals surface area contributed by atoms with E-state index in [9.17, 15) is 14.0 Å². The third-order valence-corrected chi connectivity index (χ3v) is 3.60. The number of benzene rings is 2. The molecule has 5 nitrogen and oxygen atoms in total. The number of halogens is 1. The van der Waals surface area contributed by atoms with Crippen LogP contribution in [0.3, 0.4) is 0 Å². The minimum absolute atomic E-state index is 0.324. The molecule has 0 aliphatic heterocycles. The largest absolute Gasteiger partial charge is 0.469 e. The number of rotatable bonds is 5. The van der Waals surface area contributed by atoms with Gasteiger partial charge in [0.1, 0.15) is 5.82 Å². The van der Waals surface area contributed by atoms with Gasteiger partial charge in [-0.05, 0) is 30.7 Å². The molecule has 0 heterocycles. The zero-order valence-electron chi connectivity index (χ0n) is 13.5. The van der Waals surface area contributed by atoms with Crippen molar-refractivity contribution in [3.05, 3.63) is 66.0 Å². The molecule has 0 saturated carbocycles. The average Bonchev–Trinajstić information content (AvgIpc) is 2.59. The van der Waals surface area contributed by atoms with E-state index < -0.39 is 29.8 Å². The maximum absolute atomic E-state index is 13.2. The Bertz CT molecular complexity index is 706. The van der Waals surface area contributed by atoms with E-state index >= 15 is 0 Å². The molecule has 24 heavy (non-hydrogen) atoms. The first kappa shape index (κ1) is 17.5. The average molecular weight is 330 g/mol. The molecule has 2 N–H and O–H groups in total. The number of anilines is 1. The minimum atomic E-state index is -0.587. The van der Waals surface area contributed by atoms with Gasteiger partial charge >= 0.3 is 12.0 Å². The van der Waals surface area contributed by atoms with Gasteiger partial charge in [0, 0.05) is 5.69 Å². The van der Waals surface area contributed by atoms with Crippen LogP contribution < -0.4 is 10.6 Å². The van der Waals surface area contributed by atoms with Gasteiger partial charge in [-0.3, -0.25) is 4.79 Å². The molecular formula is C18H19FN2O3. The summed E-state index contributed by atoms with van der Waals surface area (Å²) in [5, 5.41) is 5.30. The van der Waals surface area contributed by atoms with Crippen molar-refractivity contribution in [2.75, 3.05) is 12.4 Å². The van der Waals surface area contributed by atoms with Crippen LogP contribution in [-0.4, -0.2) is 19.1 Å². The monoisotopic (exact) mass is 330 g/mol. The molecule has 0 aliphatic carbocycles. The van der Waals surface area contributed by atoms with Crippen molar-refractivity contribution in [1.29, 1.82) is 0 Å². The quantitative estimate of drug-likeness (QED) is 0.825. The first-order valence-electron chi connectivity index (χ1n) is 7.47. The van der Waals surface area contributed by atoms with Gasteiger partial charge in [-0.15, -0.1) is 0 Å². The SMILES string of the molecule is COC(=O)[C@H](C)[C@@H](NC(=O)Nc1cccc(F)c1)c1ccccc1. The predicted molar refractivity (Wildman–Crippen MR) is 88.9 cm³/mol. The highest BCUT2D eigenvalue weighted by Crippen LogP contribution is 2.23. The van der Waals surface area contributed by atoms with Crippen molar-refractivity contribution in [3.8, 4) is 0 Å². The molecule has 0 spiro atoms. The second-order valence-electron chi connectivity index (χ2n) is 5.31. The van der Waals surface area contributed by atoms with Crippen molar-refractivity contribution < 1.29 is 18.7 Å². The zero-order chi connectivity index (χ0) is 17.5. The lowest BCUT2D eigenvalue weighted by Gasteiger charge is -2.24. The predicted octanol–water partition coefficient (Wildman–Crippen LogP) is 3.50. The van der Waals surface area contributed by atoms with Crippen LogP contribution in [0.25, 0.3) is 0 Å². The Morgan fingerprint density at radius 3 is 2.42 bits per heavy atom. The molecular weight excluding hydrogens is 311 g/mol. The lowest BCUT2D eigenvalue weighted by Crippen LogP contribution is -2.38. The highest BCUT2D eigenvalue weighted by molar-refractivity contribution is 5.90. The molecule has 2 rings (SSSR count). The third-order valence-electron chi connectivity index (χ3n) is 3.60. The fraction of sp³-hybridized carbons (Fsp3) is 0.222. The van der Waals surface area contributed by atoms with Crippen molar-refractivity contribution in [2.24, 2.45) is 5.92 Å². The highest BCUT2D eigenvalue weighted by atomic mass is 19.1. The first-order chi connectivity index (χ1) is 11.5. The van der Waals surface area contributed by atoms with Gasteiger partial charge in [-0.25, -0.2) is 9.18 Å². The number of methoxy groups -OCH3 is 1. The summed E-state index contributed by atoms with van der Waals surface area (Å²) in [5.74, 6) is -1.47. The number of nitrogens with one attached hydrogen (secondary N) is 2. The van der Waals surface area contributed by atoms with E-state index in [-0.39, 0.29) is 0 Å². The Morgan fingerprint density at radius 2 is 1.79 bits per heavy atom. The van der Waals surface area contributed by atoms with E-state index in [1.165, 1.54) is 25.3 Å². The summed E-state index contributed by atoms with van der Waals surface area (Å²) in [6.07, 6.45) is 0. The number of esters is 1. The number of amides is 2. The maximum Gasteiger partial charge on any atom is 0.319 e. The summed E-state index contributed by atoms with van der Waals surface area (Å²) in [4.78, 5) is 24.1.